The smallest absolute Gasteiger partial charge is 0.151 e. The Morgan fingerprint density at radius 2 is 1.91 bits per heavy atom. The predicted molar refractivity (Wildman–Crippen MR) is 133 cm³/mol. The van der Waals surface area contributed by atoms with Crippen LogP contribution in [0.1, 0.15) is 42.8 Å². The lowest BCUT2D eigenvalue weighted by Gasteiger charge is -2.31. The molecular formula is C27H29F2N5O. The summed E-state index contributed by atoms with van der Waals surface area (Å²) in [5.41, 5.74) is 3.98. The summed E-state index contributed by atoms with van der Waals surface area (Å²) in [4.78, 5) is 13.9. The summed E-state index contributed by atoms with van der Waals surface area (Å²) in [6.07, 6.45) is 7.09. The van der Waals surface area contributed by atoms with E-state index < -0.39 is 11.6 Å². The van der Waals surface area contributed by atoms with E-state index in [1.165, 1.54) is 25.0 Å². The highest BCUT2D eigenvalue weighted by Gasteiger charge is 2.34. The van der Waals surface area contributed by atoms with E-state index in [1.54, 1.807) is 13.3 Å². The summed E-state index contributed by atoms with van der Waals surface area (Å²) >= 11 is 0. The number of hydrogen-bond donors (Lipinski definition) is 2. The Kier molecular flexibility index (Phi) is 6.99. The van der Waals surface area contributed by atoms with Gasteiger partial charge in [0, 0.05) is 31.2 Å². The fourth-order valence-electron chi connectivity index (χ4n) is 4.97. The van der Waals surface area contributed by atoms with Crippen LogP contribution in [0.15, 0.2) is 53.7 Å². The summed E-state index contributed by atoms with van der Waals surface area (Å²) in [7, 11) is 1.68. The molecule has 35 heavy (non-hydrogen) atoms. The molecule has 2 N–H and O–H groups in total. The summed E-state index contributed by atoms with van der Waals surface area (Å²) in [6, 6.07) is 11.6. The van der Waals surface area contributed by atoms with Crippen molar-refractivity contribution in [1.29, 1.82) is 0 Å². The van der Waals surface area contributed by atoms with Gasteiger partial charge in [0.1, 0.15) is 23.2 Å². The predicted octanol–water partition coefficient (Wildman–Crippen LogP) is 6.02. The van der Waals surface area contributed by atoms with Gasteiger partial charge >= 0.3 is 0 Å². The summed E-state index contributed by atoms with van der Waals surface area (Å²) in [6.45, 7) is 1.09. The van der Waals surface area contributed by atoms with Crippen molar-refractivity contribution < 1.29 is 13.5 Å². The Labute approximate surface area is 203 Å². The van der Waals surface area contributed by atoms with Gasteiger partial charge in [0.15, 0.2) is 5.82 Å². The number of rotatable bonds is 7. The number of anilines is 2. The van der Waals surface area contributed by atoms with Crippen LogP contribution in [0.25, 0.3) is 0 Å². The van der Waals surface area contributed by atoms with E-state index >= 15 is 0 Å². The molecule has 1 aliphatic carbocycles. The van der Waals surface area contributed by atoms with Crippen molar-refractivity contribution in [3.05, 3.63) is 77.4 Å². The van der Waals surface area contributed by atoms with Crippen molar-refractivity contribution in [2.75, 3.05) is 17.7 Å². The Balaban J connectivity index is 1.35. The first-order valence-electron chi connectivity index (χ1n) is 12.1. The minimum Gasteiger partial charge on any atom is -0.380 e. The minimum atomic E-state index is -0.664. The van der Waals surface area contributed by atoms with Crippen LogP contribution in [0.5, 0.6) is 0 Å². The number of hydrogen-bond acceptors (Lipinski definition) is 5. The topological polar surface area (TPSA) is 71.4 Å². The lowest BCUT2D eigenvalue weighted by Crippen LogP contribution is -2.35. The van der Waals surface area contributed by atoms with E-state index in [1.807, 2.05) is 24.3 Å². The molecule has 0 amide bonds. The molecule has 1 aliphatic heterocycles. The lowest BCUT2D eigenvalue weighted by molar-refractivity contribution is 0.185. The fourth-order valence-corrected chi connectivity index (χ4v) is 4.97. The first kappa shape index (κ1) is 23.4. The second-order valence-corrected chi connectivity index (χ2v) is 9.20. The first-order chi connectivity index (χ1) is 17.1. The van der Waals surface area contributed by atoms with Crippen molar-refractivity contribution in [2.24, 2.45) is 16.8 Å². The van der Waals surface area contributed by atoms with Crippen LogP contribution < -0.4 is 10.6 Å². The van der Waals surface area contributed by atoms with Crippen molar-refractivity contribution in [1.82, 2.24) is 9.97 Å². The maximum absolute atomic E-state index is 14.3. The summed E-state index contributed by atoms with van der Waals surface area (Å²) in [5, 5.41) is 6.74. The van der Waals surface area contributed by atoms with Crippen molar-refractivity contribution in [3.8, 4) is 0 Å². The summed E-state index contributed by atoms with van der Waals surface area (Å²) < 4.78 is 32.9. The highest BCUT2D eigenvalue weighted by molar-refractivity contribution is 6.01. The zero-order valence-corrected chi connectivity index (χ0v) is 19.7. The maximum Gasteiger partial charge on any atom is 0.151 e. The number of fused-ring (bicyclic) bond motifs is 1. The van der Waals surface area contributed by atoms with Crippen LogP contribution in [0.4, 0.5) is 25.8 Å². The standard InChI is InChI=1S/C27H29F2N5O/c1-35-16-17-6-9-20(10-7-17)30-15-26-31-14-25-24(32-26)13-21(18-4-2-3-5-18)27(34-25)33-23-11-8-19(28)12-22(23)29/h6-12,14,18,21,30H,2-5,13,15-16H2,1H3,(H,33,34)/t21-/m0/s1. The maximum atomic E-state index is 14.3. The van der Waals surface area contributed by atoms with E-state index in [-0.39, 0.29) is 11.6 Å². The third-order valence-electron chi connectivity index (χ3n) is 6.78. The van der Waals surface area contributed by atoms with Gasteiger partial charge < -0.3 is 15.4 Å². The van der Waals surface area contributed by atoms with Crippen LogP contribution in [-0.2, 0) is 24.3 Å². The molecule has 0 radical (unpaired) electrons. The zero-order valence-electron chi connectivity index (χ0n) is 19.7. The Morgan fingerprint density at radius 1 is 1.11 bits per heavy atom. The van der Waals surface area contributed by atoms with Crippen LogP contribution in [-0.4, -0.2) is 22.9 Å². The van der Waals surface area contributed by atoms with Gasteiger partial charge in [-0.3, -0.25) is 0 Å². The lowest BCUT2D eigenvalue weighted by atomic mass is 9.83. The zero-order chi connectivity index (χ0) is 24.2. The number of methoxy groups -OCH3 is 1. The SMILES string of the molecule is COCc1ccc(NCc2ncc3c(n2)C[C@@H](C2CCCC2)C(=Nc2ccc(F)cc2F)N3)cc1. The number of aromatic nitrogens is 2. The molecule has 6 nitrogen and oxygen atoms in total. The second kappa shape index (κ2) is 10.5. The van der Waals surface area contributed by atoms with E-state index in [4.69, 9.17) is 9.72 Å². The normalized spacial score (nSPS) is 18.9. The van der Waals surface area contributed by atoms with Gasteiger partial charge in [-0.05, 0) is 48.6 Å². The molecule has 2 aliphatic rings. The van der Waals surface area contributed by atoms with Gasteiger partial charge in [-0.15, -0.1) is 0 Å². The van der Waals surface area contributed by atoms with E-state index in [0.29, 0.717) is 30.7 Å². The third kappa shape index (κ3) is 5.48. The number of aliphatic imine (C=N–C) groups is 1. The largest absolute Gasteiger partial charge is 0.380 e. The second-order valence-electron chi connectivity index (χ2n) is 9.20. The Bertz CT molecular complexity index is 1210. The van der Waals surface area contributed by atoms with Crippen LogP contribution in [0.2, 0.25) is 0 Å². The van der Waals surface area contributed by atoms with Gasteiger partial charge in [0.25, 0.3) is 0 Å². The highest BCUT2D eigenvalue weighted by atomic mass is 19.1. The highest BCUT2D eigenvalue weighted by Crippen LogP contribution is 2.38. The molecular weight excluding hydrogens is 448 g/mol. The molecule has 1 atom stereocenters. The van der Waals surface area contributed by atoms with Crippen LogP contribution in [0, 0.1) is 23.5 Å². The monoisotopic (exact) mass is 477 g/mol. The van der Waals surface area contributed by atoms with Gasteiger partial charge in [0.2, 0.25) is 0 Å². The number of amidine groups is 1. The summed E-state index contributed by atoms with van der Waals surface area (Å²) in [5.74, 6) is 0.713. The molecule has 2 heterocycles. The molecule has 0 saturated heterocycles. The molecule has 0 bridgehead atoms. The molecule has 0 spiro atoms. The molecule has 182 valence electrons. The molecule has 1 fully saturated rings. The quantitative estimate of drug-likeness (QED) is 0.436. The third-order valence-corrected chi connectivity index (χ3v) is 6.78. The first-order valence-corrected chi connectivity index (χ1v) is 12.1. The van der Waals surface area contributed by atoms with Gasteiger partial charge in [-0.2, -0.15) is 0 Å². The Hall–Kier alpha value is -3.39. The van der Waals surface area contributed by atoms with Gasteiger partial charge in [-0.1, -0.05) is 25.0 Å². The molecule has 1 saturated carbocycles. The van der Waals surface area contributed by atoms with Crippen LogP contribution >= 0.6 is 0 Å². The van der Waals surface area contributed by atoms with Crippen LogP contribution in [0.3, 0.4) is 0 Å². The number of benzene rings is 2. The van der Waals surface area contributed by atoms with E-state index in [0.717, 1.165) is 48.0 Å². The number of nitrogens with one attached hydrogen (secondary N) is 2. The van der Waals surface area contributed by atoms with Crippen molar-refractivity contribution in [2.45, 2.75) is 45.3 Å². The molecule has 0 unspecified atom stereocenters. The van der Waals surface area contributed by atoms with Crippen molar-refractivity contribution in [3.63, 3.8) is 0 Å². The van der Waals surface area contributed by atoms with E-state index in [2.05, 4.69) is 20.6 Å². The van der Waals surface area contributed by atoms with E-state index in [9.17, 15) is 8.78 Å². The number of ether oxygens (including phenoxy) is 1. The average molecular weight is 478 g/mol. The minimum absolute atomic E-state index is 0.110. The molecule has 5 rings (SSSR count). The Morgan fingerprint density at radius 3 is 2.66 bits per heavy atom. The molecule has 3 aromatic rings. The van der Waals surface area contributed by atoms with Gasteiger partial charge in [-0.25, -0.2) is 23.7 Å². The molecule has 8 heteroatoms. The van der Waals surface area contributed by atoms with Gasteiger partial charge in [0.05, 0.1) is 30.7 Å². The molecule has 1 aromatic heterocycles. The number of nitrogens with zero attached hydrogens (tertiary/aromatic N) is 3. The number of halogens is 2. The molecule has 2 aromatic carbocycles. The van der Waals surface area contributed by atoms with Crippen molar-refractivity contribution >= 4 is 22.9 Å². The fraction of sp³-hybridized carbons (Fsp3) is 0.370. The average Bonchev–Trinajstić information content (AvgIpc) is 3.40.